The number of ether oxygens (including phenoxy) is 2. The van der Waals surface area contributed by atoms with Crippen LogP contribution in [0.15, 0.2) is 73.7 Å². The molecule has 16 heteroatoms. The molecule has 48 heavy (non-hydrogen) atoms. The second-order valence-corrected chi connectivity index (χ2v) is 12.4. The molecule has 1 atom stereocenters. The van der Waals surface area contributed by atoms with Crippen LogP contribution in [0.25, 0.3) is 20.7 Å². The number of alkyl halides is 3. The van der Waals surface area contributed by atoms with Crippen molar-refractivity contribution in [2.75, 3.05) is 5.32 Å². The fraction of sp³-hybridized carbons (Fsp3) is 0.219. The zero-order chi connectivity index (χ0) is 33.4. The number of hydrogen-bond acceptors (Lipinski definition) is 9. The number of hydrogen-bond donors (Lipinski definition) is 1. The first-order valence-electron chi connectivity index (χ1n) is 14.6. The lowest BCUT2D eigenvalue weighted by molar-refractivity contribution is -0.206. The van der Waals surface area contributed by atoms with Gasteiger partial charge in [0.05, 0.1) is 36.0 Å². The van der Waals surface area contributed by atoms with Gasteiger partial charge < -0.3 is 19.4 Å². The highest BCUT2D eigenvalue weighted by Crippen LogP contribution is 2.45. The van der Waals surface area contributed by atoms with Gasteiger partial charge in [0.15, 0.2) is 0 Å². The quantitative estimate of drug-likeness (QED) is 0.119. The maximum atomic E-state index is 13.5. The van der Waals surface area contributed by atoms with E-state index in [1.807, 2.05) is 0 Å². The van der Waals surface area contributed by atoms with Crippen molar-refractivity contribution in [3.8, 4) is 16.2 Å². The molecule has 0 amide bonds. The van der Waals surface area contributed by atoms with Crippen LogP contribution < -0.4 is 10.1 Å². The minimum Gasteiger partial charge on any atom is -0.487 e. The van der Waals surface area contributed by atoms with Gasteiger partial charge in [-0.05, 0) is 54.3 Å². The average molecular weight is 698 g/mol. The molecule has 0 saturated heterocycles. The van der Waals surface area contributed by atoms with E-state index in [9.17, 15) is 22.4 Å². The Morgan fingerprint density at radius 1 is 1.12 bits per heavy atom. The van der Waals surface area contributed by atoms with Crippen molar-refractivity contribution in [1.29, 1.82) is 0 Å². The monoisotopic (exact) mass is 697 g/mol. The molecule has 246 valence electrons. The predicted molar refractivity (Wildman–Crippen MR) is 170 cm³/mol. The first kappa shape index (κ1) is 31.6. The van der Waals surface area contributed by atoms with Crippen molar-refractivity contribution in [2.45, 2.75) is 44.8 Å². The van der Waals surface area contributed by atoms with Gasteiger partial charge >= 0.3 is 12.1 Å². The van der Waals surface area contributed by atoms with Crippen LogP contribution in [-0.2, 0) is 42.1 Å². The first-order valence-corrected chi connectivity index (χ1v) is 15.8. The number of rotatable bonds is 10. The summed E-state index contributed by atoms with van der Waals surface area (Å²) >= 11 is 7.99. The van der Waals surface area contributed by atoms with Crippen LogP contribution in [0, 0.1) is 5.82 Å². The molecule has 0 unspecified atom stereocenters. The Bertz CT molecular complexity index is 2120. The lowest BCUT2D eigenvalue weighted by atomic mass is 9.95. The number of imidazole rings is 1. The van der Waals surface area contributed by atoms with Crippen molar-refractivity contribution in [1.82, 2.24) is 29.3 Å². The summed E-state index contributed by atoms with van der Waals surface area (Å²) in [5, 5.41) is 9.02. The van der Waals surface area contributed by atoms with E-state index in [2.05, 4.69) is 25.4 Å². The highest BCUT2D eigenvalue weighted by molar-refractivity contribution is 7.22. The summed E-state index contributed by atoms with van der Waals surface area (Å²) in [6.07, 6.45) is 2.50. The normalized spacial score (nSPS) is 13.2. The molecule has 1 aliphatic carbocycles. The van der Waals surface area contributed by atoms with Crippen LogP contribution in [0.4, 0.5) is 29.1 Å². The summed E-state index contributed by atoms with van der Waals surface area (Å²) in [5.41, 5.74) is 4.00. The second kappa shape index (κ2) is 12.9. The number of nitrogens with one attached hydrogen (secondary N) is 1. The van der Waals surface area contributed by atoms with Crippen molar-refractivity contribution in [2.24, 2.45) is 0 Å². The molecule has 0 aliphatic heterocycles. The van der Waals surface area contributed by atoms with Gasteiger partial charge in [-0.15, -0.1) is 11.3 Å². The van der Waals surface area contributed by atoms with E-state index in [0.717, 1.165) is 31.9 Å². The molecule has 7 rings (SSSR count). The van der Waals surface area contributed by atoms with Gasteiger partial charge in [0, 0.05) is 34.2 Å². The second-order valence-electron chi connectivity index (χ2n) is 11.0. The topological polar surface area (TPSA) is 109 Å². The highest BCUT2D eigenvalue weighted by Gasteiger charge is 2.42. The molecular formula is C32H24ClF4N7O3S. The average Bonchev–Trinajstić information content (AvgIpc) is 3.79. The van der Waals surface area contributed by atoms with Crippen LogP contribution in [0.2, 0.25) is 5.02 Å². The molecule has 4 heterocycles. The smallest absolute Gasteiger partial charge is 0.487 e. The summed E-state index contributed by atoms with van der Waals surface area (Å²) in [6.45, 7) is 0.0462. The van der Waals surface area contributed by atoms with Gasteiger partial charge in [-0.25, -0.2) is 24.1 Å². The largest absolute Gasteiger partial charge is 0.490 e. The van der Waals surface area contributed by atoms with Gasteiger partial charge in [0.25, 0.3) is 0 Å². The van der Waals surface area contributed by atoms with Crippen LogP contribution in [0.5, 0.6) is 5.75 Å². The van der Waals surface area contributed by atoms with Crippen molar-refractivity contribution in [3.63, 3.8) is 0 Å². The number of nitrogens with zero attached hydrogens (tertiary/aromatic N) is 6. The van der Waals surface area contributed by atoms with Crippen LogP contribution >= 0.6 is 22.9 Å². The molecule has 0 saturated carbocycles. The molecule has 1 N–H and O–H groups in total. The Labute approximate surface area is 278 Å². The number of esters is 1. The predicted octanol–water partition coefficient (Wildman–Crippen LogP) is 7.14. The Balaban J connectivity index is 1.12. The van der Waals surface area contributed by atoms with E-state index in [-0.39, 0.29) is 25.5 Å². The number of fused-ring (bicyclic) bond motifs is 5. The lowest BCUT2D eigenvalue weighted by Gasteiger charge is -2.21. The third-order valence-corrected chi connectivity index (χ3v) is 9.19. The highest BCUT2D eigenvalue weighted by atomic mass is 35.5. The van der Waals surface area contributed by atoms with Crippen molar-refractivity contribution in [3.05, 3.63) is 101 Å². The van der Waals surface area contributed by atoms with Crippen LogP contribution in [0.1, 0.15) is 16.8 Å². The molecule has 0 fully saturated rings. The Kier molecular flexibility index (Phi) is 8.47. The summed E-state index contributed by atoms with van der Waals surface area (Å²) in [7, 11) is 0. The number of halogens is 5. The molecule has 0 spiro atoms. The van der Waals surface area contributed by atoms with Gasteiger partial charge in [0.2, 0.25) is 0 Å². The standard InChI is InChI=1S/C32H24ClF4N7O3S/c33-24-11-20(4-7-26(24)46-15-18-2-1-3-19(34)10-18)42-29-27-22-5-6-25-23(28(22)48-30(27)40-16-39-29)12-41-44(25)14-21(13-43-9-8-38-17-43)47-31(45)32(35,36)37/h1-4,7-12,16-17,21H,5-6,13-15H2,(H,39,40,42)/t21-/m1/s1. The summed E-state index contributed by atoms with van der Waals surface area (Å²) in [6, 6.07) is 11.4. The summed E-state index contributed by atoms with van der Waals surface area (Å²) in [5.74, 6) is -1.58. The fourth-order valence-electron chi connectivity index (χ4n) is 5.60. The van der Waals surface area contributed by atoms with E-state index < -0.39 is 18.2 Å². The molecule has 2 aromatic carbocycles. The Morgan fingerprint density at radius 2 is 2.00 bits per heavy atom. The van der Waals surface area contributed by atoms with Gasteiger partial charge in [-0.3, -0.25) is 4.68 Å². The summed E-state index contributed by atoms with van der Waals surface area (Å²) < 4.78 is 66.5. The number of anilines is 2. The number of carbonyl (C=O) groups is 1. The molecule has 0 radical (unpaired) electrons. The Morgan fingerprint density at radius 3 is 2.77 bits per heavy atom. The Hall–Kier alpha value is -5.02. The minimum absolute atomic E-state index is 0.0284. The van der Waals surface area contributed by atoms with E-state index in [1.54, 1.807) is 52.0 Å². The van der Waals surface area contributed by atoms with Gasteiger partial charge in [-0.2, -0.15) is 18.3 Å². The van der Waals surface area contributed by atoms with E-state index >= 15 is 0 Å². The van der Waals surface area contributed by atoms with Gasteiger partial charge in [-0.1, -0.05) is 23.7 Å². The number of benzene rings is 2. The third kappa shape index (κ3) is 6.55. The zero-order valence-corrected chi connectivity index (χ0v) is 26.3. The van der Waals surface area contributed by atoms with Gasteiger partial charge in [0.1, 0.15) is 41.3 Å². The van der Waals surface area contributed by atoms with E-state index in [4.69, 9.17) is 21.1 Å². The molecule has 10 nitrogen and oxygen atoms in total. The lowest BCUT2D eigenvalue weighted by Crippen LogP contribution is -2.35. The fourth-order valence-corrected chi connectivity index (χ4v) is 7.06. The third-order valence-electron chi connectivity index (χ3n) is 7.73. The maximum absolute atomic E-state index is 13.5. The number of carbonyl (C=O) groups excluding carboxylic acids is 1. The summed E-state index contributed by atoms with van der Waals surface area (Å²) in [4.78, 5) is 26.3. The number of aromatic nitrogens is 6. The number of thiophene rings is 1. The van der Waals surface area contributed by atoms with E-state index in [0.29, 0.717) is 40.7 Å². The molecule has 0 bridgehead atoms. The zero-order valence-electron chi connectivity index (χ0n) is 24.7. The van der Waals surface area contributed by atoms with Crippen molar-refractivity contribution >= 4 is 50.6 Å². The molecular weight excluding hydrogens is 674 g/mol. The van der Waals surface area contributed by atoms with E-state index in [1.165, 1.54) is 42.3 Å². The molecule has 1 aliphatic rings. The SMILES string of the molecule is O=C(O[C@H](Cn1ccnc1)Cn1ncc2c1CCc1c-2sc2ncnc(Nc3ccc(OCc4cccc(F)c4)c(Cl)c3)c12)C(F)(F)F. The van der Waals surface area contributed by atoms with Crippen LogP contribution in [-0.4, -0.2) is 47.5 Å². The number of aryl methyl sites for hydroxylation is 1. The molecule has 4 aromatic heterocycles. The van der Waals surface area contributed by atoms with Crippen LogP contribution in [0.3, 0.4) is 0 Å². The maximum Gasteiger partial charge on any atom is 0.490 e. The first-order chi connectivity index (χ1) is 23.1. The molecule has 6 aromatic rings. The minimum atomic E-state index is -5.12. The van der Waals surface area contributed by atoms with Crippen molar-refractivity contribution < 1.29 is 31.8 Å².